The van der Waals surface area contributed by atoms with E-state index in [9.17, 15) is 9.90 Å². The first-order valence-corrected chi connectivity index (χ1v) is 6.01. The standard InChI is InChI=1S/C12H18O3/c13-11(14)12(1-2-15-7-12)6-8-3-9-5-10(9)4-8/h8-10H,1-7H2,(H,13,14). The second-order valence-electron chi connectivity index (χ2n) is 5.69. The average molecular weight is 210 g/mol. The van der Waals surface area contributed by atoms with Crippen molar-refractivity contribution in [2.45, 2.75) is 32.1 Å². The number of rotatable bonds is 3. The smallest absolute Gasteiger partial charge is 0.312 e. The number of carboxylic acids is 1. The molecular formula is C12H18O3. The lowest BCUT2D eigenvalue weighted by atomic mass is 9.77. The largest absolute Gasteiger partial charge is 0.481 e. The second-order valence-corrected chi connectivity index (χ2v) is 5.69. The van der Waals surface area contributed by atoms with Crippen LogP contribution in [0, 0.1) is 23.2 Å². The van der Waals surface area contributed by atoms with Gasteiger partial charge in [0.15, 0.2) is 0 Å². The van der Waals surface area contributed by atoms with Gasteiger partial charge in [-0.2, -0.15) is 0 Å². The molecule has 3 fully saturated rings. The average Bonchev–Trinajstić information content (AvgIpc) is 2.67. The Bertz CT molecular complexity index is 271. The maximum absolute atomic E-state index is 11.3. The van der Waals surface area contributed by atoms with Crippen molar-refractivity contribution in [1.29, 1.82) is 0 Å². The lowest BCUT2D eigenvalue weighted by Crippen LogP contribution is -2.33. The van der Waals surface area contributed by atoms with Crippen molar-refractivity contribution in [1.82, 2.24) is 0 Å². The molecule has 0 bridgehead atoms. The molecule has 3 atom stereocenters. The minimum atomic E-state index is -0.638. The molecule has 3 unspecified atom stereocenters. The topological polar surface area (TPSA) is 46.5 Å². The summed E-state index contributed by atoms with van der Waals surface area (Å²) in [5, 5.41) is 9.32. The molecule has 3 heteroatoms. The molecule has 1 saturated heterocycles. The Balaban J connectivity index is 1.66. The molecular weight excluding hydrogens is 192 g/mol. The first kappa shape index (κ1) is 9.64. The number of aliphatic carboxylic acids is 1. The van der Waals surface area contributed by atoms with E-state index in [0.29, 0.717) is 25.6 Å². The number of fused-ring (bicyclic) bond motifs is 1. The summed E-state index contributed by atoms with van der Waals surface area (Å²) in [7, 11) is 0. The zero-order valence-corrected chi connectivity index (χ0v) is 8.95. The summed E-state index contributed by atoms with van der Waals surface area (Å²) in [6, 6.07) is 0. The van der Waals surface area contributed by atoms with E-state index in [0.717, 1.165) is 18.3 Å². The lowest BCUT2D eigenvalue weighted by molar-refractivity contribution is -0.150. The highest BCUT2D eigenvalue weighted by atomic mass is 16.5. The van der Waals surface area contributed by atoms with Crippen LogP contribution in [0.1, 0.15) is 32.1 Å². The van der Waals surface area contributed by atoms with Crippen LogP contribution in [0.4, 0.5) is 0 Å². The van der Waals surface area contributed by atoms with Crippen LogP contribution in [0.15, 0.2) is 0 Å². The van der Waals surface area contributed by atoms with E-state index >= 15 is 0 Å². The van der Waals surface area contributed by atoms with E-state index in [-0.39, 0.29) is 0 Å². The minimum absolute atomic E-state index is 0.439. The van der Waals surface area contributed by atoms with E-state index in [2.05, 4.69) is 0 Å². The van der Waals surface area contributed by atoms with E-state index in [1.807, 2.05) is 0 Å². The molecule has 15 heavy (non-hydrogen) atoms. The number of hydrogen-bond acceptors (Lipinski definition) is 2. The van der Waals surface area contributed by atoms with Gasteiger partial charge in [-0.05, 0) is 49.9 Å². The van der Waals surface area contributed by atoms with Crippen molar-refractivity contribution in [3.8, 4) is 0 Å². The van der Waals surface area contributed by atoms with Gasteiger partial charge in [0.2, 0.25) is 0 Å². The van der Waals surface area contributed by atoms with E-state index < -0.39 is 11.4 Å². The molecule has 0 spiro atoms. The quantitative estimate of drug-likeness (QED) is 0.774. The molecule has 3 rings (SSSR count). The summed E-state index contributed by atoms with van der Waals surface area (Å²) in [5.74, 6) is 1.92. The van der Waals surface area contributed by atoms with Crippen molar-refractivity contribution in [2.24, 2.45) is 23.2 Å². The van der Waals surface area contributed by atoms with Gasteiger partial charge in [0.1, 0.15) is 0 Å². The summed E-state index contributed by atoms with van der Waals surface area (Å²) in [6.45, 7) is 1.07. The molecule has 0 aromatic carbocycles. The molecule has 2 aliphatic carbocycles. The SMILES string of the molecule is O=C(O)C1(CC2CC3CC3C2)CCOC1. The Morgan fingerprint density at radius 2 is 2.07 bits per heavy atom. The van der Waals surface area contributed by atoms with Gasteiger partial charge in [0, 0.05) is 6.61 Å². The Hall–Kier alpha value is -0.570. The molecule has 0 aromatic rings. The number of hydrogen-bond donors (Lipinski definition) is 1. The number of ether oxygens (including phenoxy) is 1. The highest BCUT2D eigenvalue weighted by Crippen LogP contribution is 2.57. The van der Waals surface area contributed by atoms with Gasteiger partial charge in [0.05, 0.1) is 12.0 Å². The predicted molar refractivity (Wildman–Crippen MR) is 54.4 cm³/mol. The van der Waals surface area contributed by atoms with Crippen molar-refractivity contribution < 1.29 is 14.6 Å². The van der Waals surface area contributed by atoms with Crippen LogP contribution in [0.3, 0.4) is 0 Å². The number of carboxylic acid groups (broad SMARTS) is 1. The Morgan fingerprint density at radius 3 is 2.60 bits per heavy atom. The zero-order chi connectivity index (χ0) is 10.5. The van der Waals surface area contributed by atoms with Gasteiger partial charge < -0.3 is 9.84 Å². The van der Waals surface area contributed by atoms with Crippen molar-refractivity contribution in [2.75, 3.05) is 13.2 Å². The predicted octanol–water partition coefficient (Wildman–Crippen LogP) is 1.91. The third kappa shape index (κ3) is 1.57. The van der Waals surface area contributed by atoms with Crippen LogP contribution in [-0.4, -0.2) is 24.3 Å². The summed E-state index contributed by atoms with van der Waals surface area (Å²) in [4.78, 5) is 11.3. The molecule has 0 amide bonds. The van der Waals surface area contributed by atoms with Crippen LogP contribution < -0.4 is 0 Å². The maximum atomic E-state index is 11.3. The van der Waals surface area contributed by atoms with Gasteiger partial charge in [-0.3, -0.25) is 4.79 Å². The molecule has 2 saturated carbocycles. The van der Waals surface area contributed by atoms with Crippen LogP contribution in [0.25, 0.3) is 0 Å². The molecule has 84 valence electrons. The van der Waals surface area contributed by atoms with Crippen LogP contribution in [-0.2, 0) is 9.53 Å². The molecule has 1 N–H and O–H groups in total. The maximum Gasteiger partial charge on any atom is 0.312 e. The van der Waals surface area contributed by atoms with Gasteiger partial charge in [-0.25, -0.2) is 0 Å². The Morgan fingerprint density at radius 1 is 1.33 bits per heavy atom. The van der Waals surface area contributed by atoms with Crippen molar-refractivity contribution >= 4 is 5.97 Å². The van der Waals surface area contributed by atoms with Gasteiger partial charge in [-0.15, -0.1) is 0 Å². The fourth-order valence-corrected chi connectivity index (χ4v) is 3.58. The Labute approximate surface area is 89.8 Å². The van der Waals surface area contributed by atoms with Crippen molar-refractivity contribution in [3.05, 3.63) is 0 Å². The molecule has 0 aromatic heterocycles. The van der Waals surface area contributed by atoms with Crippen LogP contribution in [0.2, 0.25) is 0 Å². The highest BCUT2D eigenvalue weighted by Gasteiger charge is 2.50. The van der Waals surface area contributed by atoms with E-state index in [4.69, 9.17) is 4.74 Å². The molecule has 3 nitrogen and oxygen atoms in total. The summed E-state index contributed by atoms with van der Waals surface area (Å²) < 4.78 is 5.29. The molecule has 1 aliphatic heterocycles. The third-order valence-corrected chi connectivity index (χ3v) is 4.58. The summed E-state index contributed by atoms with van der Waals surface area (Å²) >= 11 is 0. The van der Waals surface area contributed by atoms with Crippen LogP contribution >= 0.6 is 0 Å². The molecule has 0 radical (unpaired) electrons. The first-order valence-electron chi connectivity index (χ1n) is 6.01. The van der Waals surface area contributed by atoms with E-state index in [1.165, 1.54) is 19.3 Å². The van der Waals surface area contributed by atoms with Gasteiger partial charge >= 0.3 is 5.97 Å². The second kappa shape index (κ2) is 3.21. The molecule has 3 aliphatic rings. The first-order chi connectivity index (χ1) is 7.20. The van der Waals surface area contributed by atoms with E-state index in [1.54, 1.807) is 0 Å². The zero-order valence-electron chi connectivity index (χ0n) is 8.95. The highest BCUT2D eigenvalue weighted by molar-refractivity contribution is 5.75. The van der Waals surface area contributed by atoms with Crippen LogP contribution in [0.5, 0.6) is 0 Å². The fraction of sp³-hybridized carbons (Fsp3) is 0.917. The fourth-order valence-electron chi connectivity index (χ4n) is 3.58. The summed E-state index contributed by atoms with van der Waals surface area (Å²) in [5.41, 5.74) is -0.540. The number of carbonyl (C=O) groups is 1. The normalized spacial score (nSPS) is 47.9. The molecule has 1 heterocycles. The van der Waals surface area contributed by atoms with Gasteiger partial charge in [0.25, 0.3) is 0 Å². The Kier molecular flexibility index (Phi) is 2.06. The monoisotopic (exact) mass is 210 g/mol. The van der Waals surface area contributed by atoms with Crippen molar-refractivity contribution in [3.63, 3.8) is 0 Å². The minimum Gasteiger partial charge on any atom is -0.481 e. The van der Waals surface area contributed by atoms with Gasteiger partial charge in [-0.1, -0.05) is 0 Å². The third-order valence-electron chi connectivity index (χ3n) is 4.58. The summed E-state index contributed by atoms with van der Waals surface area (Å²) in [6.07, 6.45) is 5.54. The lowest BCUT2D eigenvalue weighted by Gasteiger charge is -2.26.